The van der Waals surface area contributed by atoms with Crippen LogP contribution in [-0.4, -0.2) is 39.6 Å². The predicted molar refractivity (Wildman–Crippen MR) is 139 cm³/mol. The summed E-state index contributed by atoms with van der Waals surface area (Å²) in [4.78, 5) is 27.4. The molecule has 3 aromatic rings. The Kier molecular flexibility index (Phi) is 6.51. The van der Waals surface area contributed by atoms with Gasteiger partial charge in [0, 0.05) is 30.1 Å². The first-order valence-electron chi connectivity index (χ1n) is 12.4. The lowest BCUT2D eigenvalue weighted by molar-refractivity contribution is -0.157. The molecule has 1 saturated heterocycles. The maximum Gasteiger partial charge on any atom is 0.275 e. The van der Waals surface area contributed by atoms with E-state index in [0.717, 1.165) is 42.8 Å². The molecule has 0 unspecified atom stereocenters. The van der Waals surface area contributed by atoms with Crippen LogP contribution in [0.5, 0.6) is 5.75 Å². The second-order valence-corrected chi connectivity index (χ2v) is 10.8. The summed E-state index contributed by atoms with van der Waals surface area (Å²) in [6.07, 6.45) is 3.31. The molecule has 8 heteroatoms. The van der Waals surface area contributed by atoms with Crippen LogP contribution in [-0.2, 0) is 11.4 Å². The first-order valence-corrected chi connectivity index (χ1v) is 12.7. The number of hydrogen-bond donors (Lipinski definition) is 1. The summed E-state index contributed by atoms with van der Waals surface area (Å²) >= 11 is 6.40. The number of rotatable bonds is 7. The van der Waals surface area contributed by atoms with Crippen LogP contribution < -0.4 is 10.1 Å². The van der Waals surface area contributed by atoms with Crippen molar-refractivity contribution in [3.63, 3.8) is 0 Å². The van der Waals surface area contributed by atoms with E-state index in [1.54, 1.807) is 4.68 Å². The van der Waals surface area contributed by atoms with Crippen LogP contribution in [0.4, 0.5) is 5.69 Å². The maximum absolute atomic E-state index is 13.2. The molecule has 2 heterocycles. The molecule has 7 nitrogen and oxygen atoms in total. The third-order valence-electron chi connectivity index (χ3n) is 7.20. The molecular formula is C28H31ClN4O3. The maximum atomic E-state index is 13.2. The topological polar surface area (TPSA) is 76.5 Å². The Balaban J connectivity index is 1.21. The number of aryl methyl sites for hydroxylation is 1. The van der Waals surface area contributed by atoms with Crippen molar-refractivity contribution in [2.45, 2.75) is 46.3 Å². The molecule has 1 aliphatic heterocycles. The largest absolute Gasteiger partial charge is 0.489 e. The summed E-state index contributed by atoms with van der Waals surface area (Å²) in [5, 5.41) is 7.74. The molecular weight excluding hydrogens is 476 g/mol. The monoisotopic (exact) mass is 506 g/mol. The van der Waals surface area contributed by atoms with Crippen molar-refractivity contribution < 1.29 is 14.3 Å². The molecule has 1 aromatic heterocycles. The minimum absolute atomic E-state index is 0.0198. The Labute approximate surface area is 216 Å². The van der Waals surface area contributed by atoms with Gasteiger partial charge in [0.1, 0.15) is 18.1 Å². The van der Waals surface area contributed by atoms with E-state index in [2.05, 4.69) is 10.4 Å². The van der Waals surface area contributed by atoms with E-state index < -0.39 is 0 Å². The zero-order valence-corrected chi connectivity index (χ0v) is 21.6. The molecule has 0 radical (unpaired) electrons. The molecule has 1 aliphatic carbocycles. The van der Waals surface area contributed by atoms with Crippen molar-refractivity contribution in [3.8, 4) is 5.75 Å². The lowest BCUT2D eigenvalue weighted by atomic mass is 9.60. The fourth-order valence-corrected chi connectivity index (χ4v) is 5.49. The van der Waals surface area contributed by atoms with Crippen molar-refractivity contribution in [2.75, 3.05) is 18.4 Å². The first-order chi connectivity index (χ1) is 17.2. The van der Waals surface area contributed by atoms with Gasteiger partial charge >= 0.3 is 0 Å². The Morgan fingerprint density at radius 3 is 2.56 bits per heavy atom. The van der Waals surface area contributed by atoms with E-state index in [0.29, 0.717) is 23.0 Å². The lowest BCUT2D eigenvalue weighted by Crippen LogP contribution is -2.64. The standard InChI is InChI=1S/C28H31ClN4O3/c1-18(2)27(35)32-16-28(17-32)12-21(13-28)33-25(23(29)14-30-33)26(34)31-24-10-9-22(11-19(24)3)36-15-20-7-5-4-6-8-20/h4-11,14,18,21H,12-13,15-17H2,1-3H3,(H,31,34). The van der Waals surface area contributed by atoms with Crippen LogP contribution in [0.3, 0.4) is 0 Å². The smallest absolute Gasteiger partial charge is 0.275 e. The first kappa shape index (κ1) is 24.4. The number of amides is 2. The van der Waals surface area contributed by atoms with Gasteiger partial charge in [-0.2, -0.15) is 5.10 Å². The van der Waals surface area contributed by atoms with Crippen LogP contribution >= 0.6 is 11.6 Å². The summed E-state index contributed by atoms with van der Waals surface area (Å²) in [7, 11) is 0. The number of ether oxygens (including phenoxy) is 1. The molecule has 36 heavy (non-hydrogen) atoms. The van der Waals surface area contributed by atoms with Crippen molar-refractivity contribution in [2.24, 2.45) is 11.3 Å². The van der Waals surface area contributed by atoms with E-state index >= 15 is 0 Å². The van der Waals surface area contributed by atoms with Gasteiger partial charge in [-0.05, 0) is 49.1 Å². The highest BCUT2D eigenvalue weighted by atomic mass is 35.5. The molecule has 2 aliphatic rings. The predicted octanol–water partition coefficient (Wildman–Crippen LogP) is 5.50. The van der Waals surface area contributed by atoms with Gasteiger partial charge in [-0.3, -0.25) is 14.3 Å². The van der Waals surface area contributed by atoms with E-state index in [9.17, 15) is 9.59 Å². The summed E-state index contributed by atoms with van der Waals surface area (Å²) in [5.74, 6) is 0.678. The van der Waals surface area contributed by atoms with Gasteiger partial charge in [-0.15, -0.1) is 0 Å². The molecule has 2 fully saturated rings. The summed E-state index contributed by atoms with van der Waals surface area (Å²) in [5.41, 5.74) is 3.20. The Hall–Kier alpha value is -3.32. The van der Waals surface area contributed by atoms with Gasteiger partial charge in [0.15, 0.2) is 0 Å². The third kappa shape index (κ3) is 4.72. The minimum Gasteiger partial charge on any atom is -0.489 e. The van der Waals surface area contributed by atoms with Crippen LogP contribution in [0.15, 0.2) is 54.7 Å². The summed E-state index contributed by atoms with van der Waals surface area (Å²) < 4.78 is 7.65. The second-order valence-electron chi connectivity index (χ2n) is 10.4. The quantitative estimate of drug-likeness (QED) is 0.459. The molecule has 1 N–H and O–H groups in total. The molecule has 1 spiro atoms. The number of hydrogen-bond acceptors (Lipinski definition) is 4. The van der Waals surface area contributed by atoms with Gasteiger partial charge in [-0.1, -0.05) is 55.8 Å². The normalized spacial score (nSPS) is 16.5. The summed E-state index contributed by atoms with van der Waals surface area (Å²) in [6.45, 7) is 7.85. The van der Waals surface area contributed by atoms with Crippen LogP contribution in [0, 0.1) is 18.3 Å². The number of nitrogens with one attached hydrogen (secondary N) is 1. The van der Waals surface area contributed by atoms with E-state index in [1.807, 2.05) is 74.2 Å². The fraction of sp³-hybridized carbons (Fsp3) is 0.393. The average Bonchev–Trinajstić information content (AvgIpc) is 3.19. The second kappa shape index (κ2) is 9.62. The summed E-state index contributed by atoms with van der Waals surface area (Å²) in [6, 6.07) is 15.7. The Morgan fingerprint density at radius 2 is 1.89 bits per heavy atom. The van der Waals surface area contributed by atoms with Crippen molar-refractivity contribution in [3.05, 3.63) is 76.6 Å². The lowest BCUT2D eigenvalue weighted by Gasteiger charge is -2.59. The SMILES string of the molecule is Cc1cc(OCc2ccccc2)ccc1NC(=O)c1c(Cl)cnn1C1CC2(C1)CN(C(=O)C(C)C)C2. The number of halogens is 1. The Morgan fingerprint density at radius 1 is 1.17 bits per heavy atom. The molecule has 2 aromatic carbocycles. The Bertz CT molecular complexity index is 1270. The highest BCUT2D eigenvalue weighted by Gasteiger charge is 2.55. The number of carbonyl (C=O) groups excluding carboxylic acids is 2. The molecule has 5 rings (SSSR count). The van der Waals surface area contributed by atoms with Gasteiger partial charge in [0.25, 0.3) is 5.91 Å². The third-order valence-corrected chi connectivity index (χ3v) is 7.48. The molecule has 0 bridgehead atoms. The number of benzene rings is 2. The van der Waals surface area contributed by atoms with Gasteiger partial charge in [0.2, 0.25) is 5.91 Å². The fourth-order valence-electron chi connectivity index (χ4n) is 5.27. The minimum atomic E-state index is -0.287. The van der Waals surface area contributed by atoms with E-state index in [1.165, 1.54) is 6.20 Å². The van der Waals surface area contributed by atoms with Gasteiger partial charge in [0.05, 0.1) is 17.3 Å². The number of anilines is 1. The number of aromatic nitrogens is 2. The van der Waals surface area contributed by atoms with Crippen LogP contribution in [0.2, 0.25) is 5.02 Å². The molecule has 2 amide bonds. The number of nitrogens with zero attached hydrogens (tertiary/aromatic N) is 3. The van der Waals surface area contributed by atoms with Crippen molar-refractivity contribution in [1.82, 2.24) is 14.7 Å². The van der Waals surface area contributed by atoms with E-state index in [4.69, 9.17) is 16.3 Å². The number of carbonyl (C=O) groups is 2. The van der Waals surface area contributed by atoms with Crippen molar-refractivity contribution >= 4 is 29.1 Å². The highest BCUT2D eigenvalue weighted by molar-refractivity contribution is 6.34. The molecule has 188 valence electrons. The van der Waals surface area contributed by atoms with Gasteiger partial charge < -0.3 is 15.0 Å². The van der Waals surface area contributed by atoms with Crippen LogP contribution in [0.25, 0.3) is 0 Å². The van der Waals surface area contributed by atoms with Crippen LogP contribution in [0.1, 0.15) is 54.3 Å². The zero-order valence-electron chi connectivity index (χ0n) is 20.8. The van der Waals surface area contributed by atoms with Gasteiger partial charge in [-0.25, -0.2) is 0 Å². The zero-order chi connectivity index (χ0) is 25.4. The highest BCUT2D eigenvalue weighted by Crippen LogP contribution is 2.54. The van der Waals surface area contributed by atoms with E-state index in [-0.39, 0.29) is 29.2 Å². The molecule has 1 saturated carbocycles. The molecule has 0 atom stereocenters. The number of likely N-dealkylation sites (tertiary alicyclic amines) is 1. The van der Waals surface area contributed by atoms with Crippen molar-refractivity contribution in [1.29, 1.82) is 0 Å². The average molecular weight is 507 g/mol.